The van der Waals surface area contributed by atoms with Crippen LogP contribution in [0.3, 0.4) is 0 Å². The monoisotopic (exact) mass is 1070 g/mol. The lowest BCUT2D eigenvalue weighted by atomic mass is 9.90. The van der Waals surface area contributed by atoms with E-state index >= 15 is 0 Å². The molecule has 6 aromatic rings. The second-order valence-corrected chi connectivity index (χ2v) is 18.0. The summed E-state index contributed by atoms with van der Waals surface area (Å²) in [4.78, 5) is 112. The normalized spacial score (nSPS) is 11.9. The first kappa shape index (κ1) is 58.2. The molecule has 0 radical (unpaired) electrons. The molecule has 3 N–H and O–H groups in total. The van der Waals surface area contributed by atoms with E-state index in [0.29, 0.717) is 30.4 Å². The number of unbranched alkanes of at least 4 members (excludes halogenated alkanes) is 2. The zero-order chi connectivity index (χ0) is 55.8. The standard InChI is InChI=1S/C58H63N5O15/c1-5-7-11-24-45(47(6-2)63(37-64)78-58(71)53-38(3)62-77-39(53)4)54(67)60-36-61-56(69)49-28-27-48(76-49)43-25-26-46(50(29-43)72-35-52(66)74-33-41-20-14-9-15-21-41)55(68)59-31-44(57(70)75-34-42-22-16-10-17-23-42)30-51(65)73-32-40-18-12-8-13-19-40/h8-10,12-23,25-29,37,44-45,47H,5-7,11,24,30-36H2,1-4H3,(H,59,68)(H,60,67)(H,61,69)/t44?,45-,47-/m1/s1. The summed E-state index contributed by atoms with van der Waals surface area (Å²) >= 11 is 0. The number of amides is 4. The molecule has 4 amide bonds. The van der Waals surface area contributed by atoms with Crippen LogP contribution in [-0.2, 0) is 62.8 Å². The largest absolute Gasteiger partial charge is 0.481 e. The summed E-state index contributed by atoms with van der Waals surface area (Å²) in [6, 6.07) is 33.3. The van der Waals surface area contributed by atoms with Crippen LogP contribution in [0, 0.1) is 25.7 Å². The molecule has 78 heavy (non-hydrogen) atoms. The van der Waals surface area contributed by atoms with Crippen molar-refractivity contribution in [2.24, 2.45) is 11.8 Å². The fourth-order valence-corrected chi connectivity index (χ4v) is 8.18. The molecule has 0 aliphatic rings. The fourth-order valence-electron chi connectivity index (χ4n) is 8.18. The van der Waals surface area contributed by atoms with Crippen LogP contribution in [-0.4, -0.2) is 84.1 Å². The first-order chi connectivity index (χ1) is 37.8. The summed E-state index contributed by atoms with van der Waals surface area (Å²) in [5.74, 6) is -6.87. The number of hydroxylamine groups is 2. The van der Waals surface area contributed by atoms with Gasteiger partial charge in [-0.25, -0.2) is 9.59 Å². The lowest BCUT2D eigenvalue weighted by Gasteiger charge is -2.31. The van der Waals surface area contributed by atoms with Crippen LogP contribution in [0.2, 0.25) is 0 Å². The topological polar surface area (TPSA) is 261 Å². The van der Waals surface area contributed by atoms with Gasteiger partial charge in [0.25, 0.3) is 11.8 Å². The van der Waals surface area contributed by atoms with Gasteiger partial charge in [0, 0.05) is 12.1 Å². The molecule has 0 saturated carbocycles. The van der Waals surface area contributed by atoms with Gasteiger partial charge in [-0.05, 0) is 67.6 Å². The second kappa shape index (κ2) is 29.9. The van der Waals surface area contributed by atoms with Crippen molar-refractivity contribution in [2.45, 2.75) is 92.1 Å². The maximum atomic E-state index is 14.0. The van der Waals surface area contributed by atoms with Gasteiger partial charge >= 0.3 is 23.9 Å². The average Bonchev–Trinajstić information content (AvgIpc) is 4.10. The van der Waals surface area contributed by atoms with Crippen LogP contribution in [0.4, 0.5) is 0 Å². The Kier molecular flexibility index (Phi) is 22.3. The number of benzene rings is 4. The van der Waals surface area contributed by atoms with Crippen molar-refractivity contribution in [1.82, 2.24) is 26.2 Å². The van der Waals surface area contributed by atoms with Gasteiger partial charge < -0.3 is 48.7 Å². The Morgan fingerprint density at radius 3 is 1.92 bits per heavy atom. The van der Waals surface area contributed by atoms with Crippen LogP contribution >= 0.6 is 0 Å². The molecule has 0 fully saturated rings. The van der Waals surface area contributed by atoms with Gasteiger partial charge in [0.05, 0.1) is 42.2 Å². The molecule has 0 bridgehead atoms. The van der Waals surface area contributed by atoms with E-state index in [0.717, 1.165) is 29.0 Å². The number of nitrogens with one attached hydrogen (secondary N) is 3. The number of furan rings is 1. The number of hydrogen-bond donors (Lipinski definition) is 3. The molecule has 3 atom stereocenters. The summed E-state index contributed by atoms with van der Waals surface area (Å²) in [6.07, 6.45) is 2.81. The van der Waals surface area contributed by atoms with Crippen molar-refractivity contribution < 1.29 is 71.1 Å². The van der Waals surface area contributed by atoms with Crippen molar-refractivity contribution >= 4 is 48.0 Å². The number of nitrogens with zero attached hydrogens (tertiary/aromatic N) is 2. The van der Waals surface area contributed by atoms with Crippen LogP contribution in [0.5, 0.6) is 5.75 Å². The fraction of sp³-hybridized carbons (Fsp3) is 0.328. The predicted molar refractivity (Wildman–Crippen MR) is 280 cm³/mol. The SMILES string of the molecule is CCCCC[C@@H](C(=O)NCNC(=O)c1ccc(-c2ccc(C(=O)NCC(CC(=O)OCc3ccccc3)C(=O)OCc3ccccc3)c(OCC(=O)OCc3ccccc3)c2)o1)[C@@H](CC)N(C=O)OC(=O)c1c(C)noc1C. The molecule has 0 saturated heterocycles. The van der Waals surface area contributed by atoms with E-state index in [2.05, 4.69) is 21.1 Å². The minimum Gasteiger partial charge on any atom is -0.481 e. The number of hydrogen-bond acceptors (Lipinski definition) is 16. The van der Waals surface area contributed by atoms with Gasteiger partial charge in [0.1, 0.15) is 42.7 Å². The number of aryl methyl sites for hydroxylation is 2. The number of aromatic nitrogens is 1. The average molecular weight is 1070 g/mol. The Morgan fingerprint density at radius 1 is 0.705 bits per heavy atom. The molecule has 0 aliphatic carbocycles. The third kappa shape index (κ3) is 17.2. The van der Waals surface area contributed by atoms with E-state index < -0.39 is 72.5 Å². The summed E-state index contributed by atoms with van der Waals surface area (Å²) in [7, 11) is 0. The molecule has 4 aromatic carbocycles. The highest BCUT2D eigenvalue weighted by atomic mass is 16.7. The highest BCUT2D eigenvalue weighted by molar-refractivity contribution is 5.98. The number of ether oxygens (including phenoxy) is 4. The Balaban J connectivity index is 1.14. The Morgan fingerprint density at radius 2 is 1.33 bits per heavy atom. The number of esters is 3. The highest BCUT2D eigenvalue weighted by Gasteiger charge is 2.35. The van der Waals surface area contributed by atoms with Gasteiger partial charge in [-0.15, -0.1) is 0 Å². The minimum atomic E-state index is -1.16. The molecular formula is C58H63N5O15. The van der Waals surface area contributed by atoms with Crippen LogP contribution < -0.4 is 20.7 Å². The lowest BCUT2D eigenvalue weighted by Crippen LogP contribution is -2.49. The molecular weight excluding hydrogens is 1010 g/mol. The number of carbonyl (C=O) groups is 8. The van der Waals surface area contributed by atoms with E-state index in [1.54, 1.807) is 86.6 Å². The quantitative estimate of drug-likeness (QED) is 0.00966. The third-order valence-corrected chi connectivity index (χ3v) is 12.4. The van der Waals surface area contributed by atoms with E-state index in [4.69, 9.17) is 32.7 Å². The first-order valence-corrected chi connectivity index (χ1v) is 25.5. The minimum absolute atomic E-state index is 0.0311. The maximum absolute atomic E-state index is 14.0. The Hall–Kier alpha value is -9.07. The van der Waals surface area contributed by atoms with Gasteiger partial charge in [0.2, 0.25) is 12.3 Å². The van der Waals surface area contributed by atoms with E-state index in [9.17, 15) is 38.4 Å². The van der Waals surface area contributed by atoms with Crippen molar-refractivity contribution in [3.05, 3.63) is 166 Å². The number of rotatable bonds is 30. The lowest BCUT2D eigenvalue weighted by molar-refractivity contribution is -0.171. The molecule has 1 unspecified atom stereocenters. The maximum Gasteiger partial charge on any atom is 0.368 e. The van der Waals surface area contributed by atoms with Crippen LogP contribution in [0.15, 0.2) is 130 Å². The first-order valence-electron chi connectivity index (χ1n) is 25.5. The second-order valence-electron chi connectivity index (χ2n) is 18.0. The Bertz CT molecular complexity index is 2940. The van der Waals surface area contributed by atoms with Crippen LogP contribution in [0.25, 0.3) is 11.3 Å². The molecule has 6 rings (SSSR count). The van der Waals surface area contributed by atoms with E-state index in [-0.39, 0.29) is 79.3 Å². The van der Waals surface area contributed by atoms with Crippen LogP contribution in [0.1, 0.15) is 112 Å². The molecule has 0 aliphatic heterocycles. The summed E-state index contributed by atoms with van der Waals surface area (Å²) < 4.78 is 33.3. The van der Waals surface area contributed by atoms with Crippen molar-refractivity contribution in [2.75, 3.05) is 19.8 Å². The summed E-state index contributed by atoms with van der Waals surface area (Å²) in [5.41, 5.74) is 2.79. The van der Waals surface area contributed by atoms with Crippen molar-refractivity contribution in [3.63, 3.8) is 0 Å². The zero-order valence-corrected chi connectivity index (χ0v) is 43.9. The summed E-state index contributed by atoms with van der Waals surface area (Å²) in [6.45, 7) is 5.40. The number of carbonyl (C=O) groups excluding carboxylic acids is 8. The summed E-state index contributed by atoms with van der Waals surface area (Å²) in [5, 5.41) is 12.6. The van der Waals surface area contributed by atoms with Gasteiger partial charge in [-0.1, -0.05) is 135 Å². The van der Waals surface area contributed by atoms with Crippen molar-refractivity contribution in [3.8, 4) is 17.1 Å². The van der Waals surface area contributed by atoms with Gasteiger partial charge in [0.15, 0.2) is 12.4 Å². The van der Waals surface area contributed by atoms with E-state index in [1.165, 1.54) is 37.3 Å². The van der Waals surface area contributed by atoms with Gasteiger partial charge in [-0.2, -0.15) is 5.06 Å². The molecule has 410 valence electrons. The molecule has 2 heterocycles. The van der Waals surface area contributed by atoms with E-state index in [1.807, 2.05) is 25.1 Å². The Labute approximate surface area is 451 Å². The predicted octanol–water partition coefficient (Wildman–Crippen LogP) is 7.91. The highest BCUT2D eigenvalue weighted by Crippen LogP contribution is 2.30. The third-order valence-electron chi connectivity index (χ3n) is 12.4. The zero-order valence-electron chi connectivity index (χ0n) is 43.9. The molecule has 2 aromatic heterocycles. The molecule has 0 spiro atoms. The van der Waals surface area contributed by atoms with Crippen molar-refractivity contribution in [1.29, 1.82) is 0 Å². The molecule has 20 heteroatoms. The van der Waals surface area contributed by atoms with Gasteiger partial charge in [-0.3, -0.25) is 28.8 Å². The smallest absolute Gasteiger partial charge is 0.368 e. The molecule has 20 nitrogen and oxygen atoms in total.